The SMILES string of the molecule is CCO[Si](Br)(CC(C)(C)C)OCC. The standard InChI is InChI=1S/C9H21BrO2Si/c1-6-11-13(10,12-7-2)8-9(3,4)5/h6-8H2,1-5H3. The van der Waals surface area contributed by atoms with Gasteiger partial charge in [0.2, 0.25) is 0 Å². The van der Waals surface area contributed by atoms with Crippen molar-refractivity contribution < 1.29 is 8.85 Å². The number of hydrogen-bond donors (Lipinski definition) is 0. The lowest BCUT2D eigenvalue weighted by Gasteiger charge is -2.30. The Bertz CT molecular complexity index is 139. The average Bonchev–Trinajstić information content (AvgIpc) is 1.82. The highest BCUT2D eigenvalue weighted by Gasteiger charge is 2.38. The van der Waals surface area contributed by atoms with Crippen LogP contribution in [0.3, 0.4) is 0 Å². The van der Waals surface area contributed by atoms with Gasteiger partial charge in [-0.25, -0.2) is 0 Å². The minimum atomic E-state index is -2.07. The van der Waals surface area contributed by atoms with Crippen LogP contribution in [0.15, 0.2) is 0 Å². The zero-order chi connectivity index (χ0) is 10.5. The van der Waals surface area contributed by atoms with Crippen LogP contribution in [0, 0.1) is 5.41 Å². The molecule has 0 aliphatic heterocycles. The van der Waals surface area contributed by atoms with Gasteiger partial charge in [0.25, 0.3) is 0 Å². The summed E-state index contributed by atoms with van der Waals surface area (Å²) < 4.78 is 11.4. The molecule has 2 nitrogen and oxygen atoms in total. The van der Waals surface area contributed by atoms with E-state index < -0.39 is 7.18 Å². The fraction of sp³-hybridized carbons (Fsp3) is 1.00. The summed E-state index contributed by atoms with van der Waals surface area (Å²) in [6.45, 7) is 12.0. The van der Waals surface area contributed by atoms with Gasteiger partial charge < -0.3 is 8.85 Å². The summed E-state index contributed by atoms with van der Waals surface area (Å²) in [6, 6.07) is 0.974. The molecule has 4 heteroatoms. The fourth-order valence-electron chi connectivity index (χ4n) is 1.21. The topological polar surface area (TPSA) is 18.5 Å². The predicted molar refractivity (Wildman–Crippen MR) is 62.2 cm³/mol. The second-order valence-corrected chi connectivity index (χ2v) is 10.1. The summed E-state index contributed by atoms with van der Waals surface area (Å²) in [4.78, 5) is 0. The highest BCUT2D eigenvalue weighted by molar-refractivity contribution is 9.25. The third kappa shape index (κ3) is 6.66. The molecule has 0 rings (SSSR count). The molecule has 0 unspecified atom stereocenters. The monoisotopic (exact) mass is 268 g/mol. The Morgan fingerprint density at radius 3 is 1.69 bits per heavy atom. The Morgan fingerprint density at radius 2 is 1.46 bits per heavy atom. The Morgan fingerprint density at radius 1 is 1.08 bits per heavy atom. The highest BCUT2D eigenvalue weighted by atomic mass is 79.9. The predicted octanol–water partition coefficient (Wildman–Crippen LogP) is 3.44. The molecule has 0 atom stereocenters. The van der Waals surface area contributed by atoms with Gasteiger partial charge in [-0.15, -0.1) is 0 Å². The minimum Gasteiger partial charge on any atom is -0.387 e. The van der Waals surface area contributed by atoms with Crippen molar-refractivity contribution in [3.05, 3.63) is 0 Å². The van der Waals surface area contributed by atoms with Gasteiger partial charge in [0.05, 0.1) is 0 Å². The molecule has 0 saturated heterocycles. The first kappa shape index (κ1) is 13.6. The first-order valence-electron chi connectivity index (χ1n) is 4.80. The molecular weight excluding hydrogens is 248 g/mol. The summed E-state index contributed by atoms with van der Waals surface area (Å²) in [5.74, 6) is 0. The van der Waals surface area contributed by atoms with Crippen molar-refractivity contribution in [3.63, 3.8) is 0 Å². The lowest BCUT2D eigenvalue weighted by molar-refractivity contribution is 0.195. The van der Waals surface area contributed by atoms with Gasteiger partial charge >= 0.3 is 7.18 Å². The summed E-state index contributed by atoms with van der Waals surface area (Å²) >= 11 is 3.64. The highest BCUT2D eigenvalue weighted by Crippen LogP contribution is 2.32. The van der Waals surface area contributed by atoms with Crippen LogP contribution in [0.2, 0.25) is 6.04 Å². The smallest absolute Gasteiger partial charge is 0.387 e. The Labute approximate surface area is 90.8 Å². The van der Waals surface area contributed by atoms with Crippen LogP contribution in [-0.2, 0) is 8.85 Å². The first-order valence-corrected chi connectivity index (χ1v) is 9.08. The maximum absolute atomic E-state index is 5.68. The third-order valence-corrected chi connectivity index (χ3v) is 6.60. The van der Waals surface area contributed by atoms with E-state index in [1.165, 1.54) is 0 Å². The van der Waals surface area contributed by atoms with Crippen LogP contribution in [0.1, 0.15) is 34.6 Å². The van der Waals surface area contributed by atoms with Crippen molar-refractivity contribution in [2.75, 3.05) is 13.2 Å². The second-order valence-electron chi connectivity index (χ2n) is 4.26. The molecule has 0 saturated carbocycles. The second kappa shape index (κ2) is 5.49. The van der Waals surface area contributed by atoms with Crippen LogP contribution in [0.5, 0.6) is 0 Å². The van der Waals surface area contributed by atoms with Crippen molar-refractivity contribution in [3.8, 4) is 0 Å². The van der Waals surface area contributed by atoms with Gasteiger partial charge in [-0.3, -0.25) is 0 Å². The van der Waals surface area contributed by atoms with Crippen LogP contribution in [0.25, 0.3) is 0 Å². The molecule has 0 aromatic carbocycles. The molecular formula is C9H21BrO2Si. The first-order chi connectivity index (χ1) is 5.83. The molecule has 80 valence electrons. The lowest BCUT2D eigenvalue weighted by atomic mass is 10.0. The van der Waals surface area contributed by atoms with Crippen LogP contribution >= 0.6 is 15.3 Å². The zero-order valence-corrected chi connectivity index (χ0v) is 11.9. The van der Waals surface area contributed by atoms with Crippen LogP contribution in [0.4, 0.5) is 0 Å². The molecule has 0 aromatic heterocycles. The molecule has 0 aliphatic carbocycles. The summed E-state index contributed by atoms with van der Waals surface area (Å²) in [5.41, 5.74) is 0.250. The number of hydrogen-bond acceptors (Lipinski definition) is 2. The van der Waals surface area contributed by atoms with Crippen molar-refractivity contribution in [2.24, 2.45) is 5.41 Å². The van der Waals surface area contributed by atoms with Crippen molar-refractivity contribution in [1.29, 1.82) is 0 Å². The van der Waals surface area contributed by atoms with Crippen LogP contribution < -0.4 is 0 Å². The fourth-order valence-corrected chi connectivity index (χ4v) is 7.52. The minimum absolute atomic E-state index is 0.250. The molecule has 0 heterocycles. The number of rotatable bonds is 5. The van der Waals surface area contributed by atoms with Crippen molar-refractivity contribution in [1.82, 2.24) is 0 Å². The lowest BCUT2D eigenvalue weighted by Crippen LogP contribution is -2.39. The van der Waals surface area contributed by atoms with Crippen molar-refractivity contribution in [2.45, 2.75) is 40.7 Å². The molecule has 13 heavy (non-hydrogen) atoms. The number of halogens is 1. The van der Waals surface area contributed by atoms with E-state index in [9.17, 15) is 0 Å². The molecule has 0 N–H and O–H groups in total. The molecule has 0 amide bonds. The van der Waals surface area contributed by atoms with Gasteiger partial charge in [-0.05, 0) is 19.3 Å². The van der Waals surface area contributed by atoms with Crippen LogP contribution in [-0.4, -0.2) is 20.4 Å². The largest absolute Gasteiger partial charge is 0.414 e. The van der Waals surface area contributed by atoms with E-state index in [-0.39, 0.29) is 5.41 Å². The molecule has 0 fully saturated rings. The molecule has 0 spiro atoms. The van der Waals surface area contributed by atoms with E-state index in [0.717, 1.165) is 6.04 Å². The van der Waals surface area contributed by atoms with E-state index in [0.29, 0.717) is 13.2 Å². The maximum atomic E-state index is 5.68. The average molecular weight is 269 g/mol. The summed E-state index contributed by atoms with van der Waals surface area (Å²) in [5, 5.41) is 0. The summed E-state index contributed by atoms with van der Waals surface area (Å²) in [6.07, 6.45) is 0. The molecule has 0 radical (unpaired) electrons. The van der Waals surface area contributed by atoms with Gasteiger partial charge in [0.15, 0.2) is 0 Å². The van der Waals surface area contributed by atoms with Gasteiger partial charge in [-0.1, -0.05) is 36.1 Å². The maximum Gasteiger partial charge on any atom is 0.414 e. The molecule has 0 bridgehead atoms. The Balaban J connectivity index is 4.22. The Hall–Kier alpha value is 0.617. The normalized spacial score (nSPS) is 13.4. The van der Waals surface area contributed by atoms with E-state index in [1.54, 1.807) is 0 Å². The molecule has 0 aliphatic rings. The van der Waals surface area contributed by atoms with E-state index in [1.807, 2.05) is 13.8 Å². The summed E-state index contributed by atoms with van der Waals surface area (Å²) in [7, 11) is -2.07. The van der Waals surface area contributed by atoms with E-state index in [4.69, 9.17) is 8.85 Å². The molecule has 0 aromatic rings. The van der Waals surface area contributed by atoms with Gasteiger partial charge in [-0.2, -0.15) is 0 Å². The Kier molecular flexibility index (Phi) is 5.75. The third-order valence-electron chi connectivity index (χ3n) is 1.46. The van der Waals surface area contributed by atoms with Gasteiger partial charge in [0.1, 0.15) is 0 Å². The van der Waals surface area contributed by atoms with Gasteiger partial charge in [0, 0.05) is 19.3 Å². The van der Waals surface area contributed by atoms with E-state index >= 15 is 0 Å². The quantitative estimate of drug-likeness (QED) is 0.562. The zero-order valence-electron chi connectivity index (χ0n) is 9.32. The van der Waals surface area contributed by atoms with E-state index in [2.05, 4.69) is 36.1 Å². The van der Waals surface area contributed by atoms with Crippen molar-refractivity contribution >= 4 is 22.5 Å².